The van der Waals surface area contributed by atoms with Gasteiger partial charge in [0.05, 0.1) is 5.37 Å². The van der Waals surface area contributed by atoms with E-state index in [2.05, 4.69) is 25.3 Å². The first-order valence-corrected chi connectivity index (χ1v) is 5.74. The van der Waals surface area contributed by atoms with E-state index in [0.29, 0.717) is 0 Å². The molecule has 0 N–H and O–H groups in total. The summed E-state index contributed by atoms with van der Waals surface area (Å²) < 4.78 is 2.04. The first kappa shape index (κ1) is 6.78. The lowest BCUT2D eigenvalue weighted by atomic mass is 10.8. The summed E-state index contributed by atoms with van der Waals surface area (Å²) in [5, 5.41) is 0.797. The minimum absolute atomic E-state index is 0.207. The summed E-state index contributed by atoms with van der Waals surface area (Å²) in [4.78, 5) is 0. The maximum atomic E-state index is 4.22. The second kappa shape index (κ2) is 1.82. The third-order valence-electron chi connectivity index (χ3n) is 1.61. The van der Waals surface area contributed by atoms with Crippen LogP contribution in [-0.2, 0) is 0 Å². The normalized spacial score (nSPS) is 37.4. The average Bonchev–Trinajstić information content (AvgIpc) is 2.13. The molecule has 0 spiro atoms. The molecule has 50 valence electrons. The van der Waals surface area contributed by atoms with Crippen molar-refractivity contribution in [1.29, 1.82) is 0 Å². The Balaban J connectivity index is 2.37. The zero-order valence-electron chi connectivity index (χ0n) is 5.59. The molecule has 1 rings (SSSR count). The van der Waals surface area contributed by atoms with Gasteiger partial charge in [0, 0.05) is 5.75 Å². The second-order valence-corrected chi connectivity index (χ2v) is 7.57. The predicted octanol–water partition coefficient (Wildman–Crippen LogP) is 1.17. The summed E-state index contributed by atoms with van der Waals surface area (Å²) in [6, 6.07) is 0. The van der Waals surface area contributed by atoms with E-state index < -0.39 is 0 Å². The first-order chi connectivity index (χ1) is 3.54. The van der Waals surface area contributed by atoms with Crippen molar-refractivity contribution in [3.05, 3.63) is 0 Å². The summed E-state index contributed by atoms with van der Waals surface area (Å²) in [6.45, 7) is 0. The van der Waals surface area contributed by atoms with Crippen molar-refractivity contribution < 1.29 is 0 Å². The Kier molecular flexibility index (Phi) is 1.54. The van der Waals surface area contributed by atoms with Gasteiger partial charge in [-0.1, -0.05) is 12.8 Å². The standard InChI is InChI=1S/C5H13NS2/c1-6(7)5-4-8(5,2)3/h5,7H,4H2,1-3H3. The van der Waals surface area contributed by atoms with Gasteiger partial charge in [0.1, 0.15) is 0 Å². The van der Waals surface area contributed by atoms with E-state index in [1.54, 1.807) is 0 Å². The van der Waals surface area contributed by atoms with Crippen molar-refractivity contribution in [2.75, 3.05) is 25.3 Å². The van der Waals surface area contributed by atoms with Crippen LogP contribution in [0.5, 0.6) is 0 Å². The molecular weight excluding hydrogens is 138 g/mol. The van der Waals surface area contributed by atoms with Gasteiger partial charge in [-0.15, -0.1) is 0 Å². The number of thiol groups is 1. The zero-order valence-corrected chi connectivity index (χ0v) is 7.30. The predicted molar refractivity (Wildman–Crippen MR) is 44.8 cm³/mol. The highest BCUT2D eigenvalue weighted by molar-refractivity contribution is 8.39. The molecule has 1 fully saturated rings. The summed E-state index contributed by atoms with van der Waals surface area (Å²) in [5.74, 6) is 1.38. The highest BCUT2D eigenvalue weighted by Gasteiger charge is 2.42. The van der Waals surface area contributed by atoms with E-state index in [0.717, 1.165) is 5.37 Å². The molecule has 0 amide bonds. The highest BCUT2D eigenvalue weighted by Crippen LogP contribution is 2.63. The molecule has 3 heteroatoms. The maximum absolute atomic E-state index is 4.22. The Bertz CT molecular complexity index is 101. The molecule has 0 aliphatic carbocycles. The van der Waals surface area contributed by atoms with Crippen LogP contribution in [-0.4, -0.2) is 35.0 Å². The van der Waals surface area contributed by atoms with Crippen molar-refractivity contribution in [1.82, 2.24) is 4.31 Å². The van der Waals surface area contributed by atoms with Crippen LogP contribution in [0.1, 0.15) is 0 Å². The molecule has 0 aromatic rings. The van der Waals surface area contributed by atoms with Crippen molar-refractivity contribution in [2.45, 2.75) is 5.37 Å². The van der Waals surface area contributed by atoms with Gasteiger partial charge in [-0.05, 0) is 19.6 Å². The van der Waals surface area contributed by atoms with Crippen LogP contribution in [0.25, 0.3) is 0 Å². The van der Waals surface area contributed by atoms with Gasteiger partial charge in [0.15, 0.2) is 0 Å². The number of hydrogen-bond acceptors (Lipinski definition) is 2. The monoisotopic (exact) mass is 151 g/mol. The number of rotatable bonds is 1. The molecule has 1 aliphatic heterocycles. The fraction of sp³-hybridized carbons (Fsp3) is 1.00. The Hall–Kier alpha value is 0.660. The van der Waals surface area contributed by atoms with E-state index in [4.69, 9.17) is 0 Å². The van der Waals surface area contributed by atoms with E-state index in [1.165, 1.54) is 5.75 Å². The third kappa shape index (κ3) is 1.14. The quantitative estimate of drug-likeness (QED) is 0.435. The van der Waals surface area contributed by atoms with Crippen LogP contribution in [0.2, 0.25) is 0 Å². The van der Waals surface area contributed by atoms with Crippen LogP contribution in [0.15, 0.2) is 0 Å². The van der Waals surface area contributed by atoms with Gasteiger partial charge in [0.2, 0.25) is 0 Å². The summed E-state index contributed by atoms with van der Waals surface area (Å²) in [5.41, 5.74) is 0. The van der Waals surface area contributed by atoms with Crippen LogP contribution < -0.4 is 0 Å². The lowest BCUT2D eigenvalue weighted by Crippen LogP contribution is -2.08. The van der Waals surface area contributed by atoms with Crippen LogP contribution in [0, 0.1) is 0 Å². The van der Waals surface area contributed by atoms with E-state index in [1.807, 2.05) is 11.4 Å². The molecule has 1 aliphatic rings. The SMILES string of the molecule is CN(S)C1CS1(C)C. The van der Waals surface area contributed by atoms with Crippen LogP contribution in [0.3, 0.4) is 0 Å². The molecule has 0 aromatic heterocycles. The number of hydrogen-bond donors (Lipinski definition) is 1. The van der Waals surface area contributed by atoms with Crippen LogP contribution >= 0.6 is 22.8 Å². The Labute approximate surface area is 58.3 Å². The Morgan fingerprint density at radius 2 is 2.00 bits per heavy atom. The Morgan fingerprint density at radius 3 is 2.00 bits per heavy atom. The molecule has 0 bridgehead atoms. The topological polar surface area (TPSA) is 3.24 Å². The second-order valence-electron chi connectivity index (χ2n) is 2.82. The smallest absolute Gasteiger partial charge is 0.0571 e. The van der Waals surface area contributed by atoms with E-state index >= 15 is 0 Å². The van der Waals surface area contributed by atoms with Crippen molar-refractivity contribution in [3.63, 3.8) is 0 Å². The van der Waals surface area contributed by atoms with Gasteiger partial charge in [-0.3, -0.25) is 0 Å². The molecule has 1 saturated heterocycles. The van der Waals surface area contributed by atoms with Gasteiger partial charge in [-0.25, -0.2) is 14.3 Å². The van der Waals surface area contributed by atoms with Gasteiger partial charge < -0.3 is 0 Å². The van der Waals surface area contributed by atoms with Crippen molar-refractivity contribution >= 4 is 22.8 Å². The maximum Gasteiger partial charge on any atom is 0.0571 e. The minimum atomic E-state index is -0.207. The molecular formula is C5H13NS2. The zero-order chi connectivity index (χ0) is 6.36. The summed E-state index contributed by atoms with van der Waals surface area (Å²) in [6.07, 6.45) is 4.70. The third-order valence-corrected chi connectivity index (χ3v) is 4.75. The molecule has 8 heavy (non-hydrogen) atoms. The first-order valence-electron chi connectivity index (χ1n) is 2.65. The fourth-order valence-electron chi connectivity index (χ4n) is 0.849. The molecule has 1 nitrogen and oxygen atoms in total. The molecule has 1 unspecified atom stereocenters. The average molecular weight is 151 g/mol. The van der Waals surface area contributed by atoms with Gasteiger partial charge in [0.25, 0.3) is 0 Å². The molecule has 0 saturated carbocycles. The fourth-order valence-corrected chi connectivity index (χ4v) is 4.33. The summed E-state index contributed by atoms with van der Waals surface area (Å²) >= 11 is 4.22. The molecule has 1 atom stereocenters. The highest BCUT2D eigenvalue weighted by atomic mass is 32.3. The van der Waals surface area contributed by atoms with Gasteiger partial charge in [-0.2, -0.15) is 0 Å². The van der Waals surface area contributed by atoms with Crippen molar-refractivity contribution in [2.24, 2.45) is 0 Å². The minimum Gasteiger partial charge on any atom is -0.244 e. The molecule has 0 aromatic carbocycles. The summed E-state index contributed by atoms with van der Waals surface area (Å²) in [7, 11) is 1.83. The molecule has 0 radical (unpaired) electrons. The van der Waals surface area contributed by atoms with E-state index in [-0.39, 0.29) is 10.0 Å². The van der Waals surface area contributed by atoms with Crippen LogP contribution in [0.4, 0.5) is 0 Å². The van der Waals surface area contributed by atoms with Crippen molar-refractivity contribution in [3.8, 4) is 0 Å². The number of nitrogens with zero attached hydrogens (tertiary/aromatic N) is 1. The Morgan fingerprint density at radius 1 is 1.62 bits per heavy atom. The lowest BCUT2D eigenvalue weighted by molar-refractivity contribution is 0.608. The largest absolute Gasteiger partial charge is 0.244 e. The van der Waals surface area contributed by atoms with E-state index in [9.17, 15) is 0 Å². The molecule has 1 heterocycles. The lowest BCUT2D eigenvalue weighted by Gasteiger charge is -2.12. The van der Waals surface area contributed by atoms with Gasteiger partial charge >= 0.3 is 0 Å².